The maximum Gasteiger partial charge on any atom is 0.261 e. The molecule has 7 nitrogen and oxygen atoms in total. The highest BCUT2D eigenvalue weighted by Crippen LogP contribution is 2.30. The maximum atomic E-state index is 12.7. The molecule has 1 saturated heterocycles. The maximum absolute atomic E-state index is 12.7. The van der Waals surface area contributed by atoms with Crippen molar-refractivity contribution < 1.29 is 4.42 Å². The summed E-state index contributed by atoms with van der Waals surface area (Å²) in [6, 6.07) is 6.04. The van der Waals surface area contributed by atoms with Crippen molar-refractivity contribution in [2.24, 2.45) is 5.92 Å². The Labute approximate surface area is 163 Å². The van der Waals surface area contributed by atoms with Crippen LogP contribution >= 0.6 is 0 Å². The van der Waals surface area contributed by atoms with Crippen LogP contribution in [0.3, 0.4) is 0 Å². The van der Waals surface area contributed by atoms with E-state index in [0.29, 0.717) is 11.3 Å². The number of oxazole rings is 1. The predicted octanol–water partition coefficient (Wildman–Crippen LogP) is 2.43. The number of benzene rings is 1. The number of aromatic nitrogens is 3. The van der Waals surface area contributed by atoms with E-state index >= 15 is 0 Å². The molecule has 7 heteroatoms. The lowest BCUT2D eigenvalue weighted by atomic mass is 10.2. The molecule has 1 saturated carbocycles. The van der Waals surface area contributed by atoms with Crippen molar-refractivity contribution in [3.05, 3.63) is 52.7 Å². The number of hydrogen-bond donors (Lipinski definition) is 0. The largest absolute Gasteiger partial charge is 0.445 e. The lowest BCUT2D eigenvalue weighted by molar-refractivity contribution is 0.225. The zero-order valence-corrected chi connectivity index (χ0v) is 16.2. The molecule has 5 rings (SSSR count). The zero-order chi connectivity index (χ0) is 19.1. The normalized spacial score (nSPS) is 18.1. The number of aryl methyl sites for hydroxylation is 1. The highest BCUT2D eigenvalue weighted by atomic mass is 16.4. The number of hydrogen-bond acceptors (Lipinski definition) is 6. The molecule has 0 N–H and O–H groups in total. The molecule has 2 fully saturated rings. The van der Waals surface area contributed by atoms with E-state index < -0.39 is 0 Å². The third-order valence-corrected chi connectivity index (χ3v) is 5.73. The monoisotopic (exact) mass is 379 g/mol. The van der Waals surface area contributed by atoms with Crippen LogP contribution in [0.2, 0.25) is 0 Å². The first-order chi connectivity index (χ1) is 13.7. The Balaban J connectivity index is 1.28. The third kappa shape index (κ3) is 3.54. The van der Waals surface area contributed by atoms with Gasteiger partial charge in [-0.2, -0.15) is 0 Å². The van der Waals surface area contributed by atoms with Gasteiger partial charge in [-0.3, -0.25) is 14.3 Å². The molecule has 146 valence electrons. The number of fused-ring (bicyclic) bond motifs is 1. The van der Waals surface area contributed by atoms with E-state index in [4.69, 9.17) is 4.42 Å². The fourth-order valence-electron chi connectivity index (χ4n) is 3.88. The fourth-order valence-corrected chi connectivity index (χ4v) is 3.88. The van der Waals surface area contributed by atoms with Gasteiger partial charge in [-0.1, -0.05) is 0 Å². The lowest BCUT2D eigenvalue weighted by Gasteiger charge is -2.35. The van der Waals surface area contributed by atoms with Gasteiger partial charge >= 0.3 is 0 Å². The molecule has 2 aliphatic rings. The van der Waals surface area contributed by atoms with Gasteiger partial charge in [-0.15, -0.1) is 0 Å². The van der Waals surface area contributed by atoms with Crippen molar-refractivity contribution >= 4 is 16.6 Å². The Morgan fingerprint density at radius 1 is 1.14 bits per heavy atom. The molecule has 2 aromatic heterocycles. The van der Waals surface area contributed by atoms with E-state index in [1.807, 2.05) is 19.1 Å². The average molecular weight is 379 g/mol. The molecule has 0 bridgehead atoms. The standard InChI is InChI=1S/C21H25N5O2/c1-15-11-22-20(28-15)13-24-6-8-25(9-7-24)17-4-5-18-19(10-17)23-14-26(21(18)27)12-16-2-3-16/h4-5,10-11,14,16H,2-3,6-9,12-13H2,1H3. The van der Waals surface area contributed by atoms with E-state index in [1.165, 1.54) is 12.8 Å². The van der Waals surface area contributed by atoms with Gasteiger partial charge in [0.05, 0.1) is 30.0 Å². The van der Waals surface area contributed by atoms with Gasteiger partial charge in [0.15, 0.2) is 0 Å². The summed E-state index contributed by atoms with van der Waals surface area (Å²) in [5.74, 6) is 2.30. The van der Waals surface area contributed by atoms with Crippen molar-refractivity contribution in [2.75, 3.05) is 31.1 Å². The zero-order valence-electron chi connectivity index (χ0n) is 16.2. The molecule has 28 heavy (non-hydrogen) atoms. The van der Waals surface area contributed by atoms with E-state index in [-0.39, 0.29) is 5.56 Å². The van der Waals surface area contributed by atoms with Crippen molar-refractivity contribution in [3.8, 4) is 0 Å². The summed E-state index contributed by atoms with van der Waals surface area (Å²) in [7, 11) is 0. The number of nitrogens with zero attached hydrogens (tertiary/aromatic N) is 5. The molecule has 1 aliphatic carbocycles. The van der Waals surface area contributed by atoms with Crippen LogP contribution in [-0.4, -0.2) is 45.6 Å². The van der Waals surface area contributed by atoms with Gasteiger partial charge in [-0.05, 0) is 43.9 Å². The Hall–Kier alpha value is -2.67. The van der Waals surface area contributed by atoms with Gasteiger partial charge in [0.25, 0.3) is 5.56 Å². The summed E-state index contributed by atoms with van der Waals surface area (Å²) in [6.07, 6.45) is 5.94. The minimum absolute atomic E-state index is 0.0783. The summed E-state index contributed by atoms with van der Waals surface area (Å²) < 4.78 is 7.36. The first-order valence-electron chi connectivity index (χ1n) is 10.0. The highest BCUT2D eigenvalue weighted by molar-refractivity contribution is 5.81. The Bertz CT molecular complexity index is 1040. The van der Waals surface area contributed by atoms with Crippen molar-refractivity contribution in [3.63, 3.8) is 0 Å². The SMILES string of the molecule is Cc1cnc(CN2CCN(c3ccc4c(=O)n(CC5CC5)cnc4c3)CC2)o1. The molecule has 1 aliphatic heterocycles. The topological polar surface area (TPSA) is 67.4 Å². The van der Waals surface area contributed by atoms with Crippen LogP contribution in [0.25, 0.3) is 10.9 Å². The first kappa shape index (κ1) is 17.4. The highest BCUT2D eigenvalue weighted by Gasteiger charge is 2.23. The van der Waals surface area contributed by atoms with E-state index in [2.05, 4.69) is 25.8 Å². The van der Waals surface area contributed by atoms with Crippen LogP contribution in [0.4, 0.5) is 5.69 Å². The van der Waals surface area contributed by atoms with Crippen molar-refractivity contribution in [2.45, 2.75) is 32.9 Å². The predicted molar refractivity (Wildman–Crippen MR) is 107 cm³/mol. The molecule has 3 aromatic rings. The van der Waals surface area contributed by atoms with Crippen LogP contribution in [0.5, 0.6) is 0 Å². The van der Waals surface area contributed by atoms with Gasteiger partial charge in [-0.25, -0.2) is 9.97 Å². The average Bonchev–Trinajstić information content (AvgIpc) is 3.44. The van der Waals surface area contributed by atoms with E-state index in [9.17, 15) is 4.79 Å². The van der Waals surface area contributed by atoms with Crippen molar-refractivity contribution in [1.29, 1.82) is 0 Å². The van der Waals surface area contributed by atoms with Crippen molar-refractivity contribution in [1.82, 2.24) is 19.4 Å². The molecular weight excluding hydrogens is 354 g/mol. The van der Waals surface area contributed by atoms with Gasteiger partial charge < -0.3 is 9.32 Å². The van der Waals surface area contributed by atoms with E-state index in [1.54, 1.807) is 17.1 Å². The molecule has 0 atom stereocenters. The summed E-state index contributed by atoms with van der Waals surface area (Å²) in [6.45, 7) is 7.25. The second kappa shape index (κ2) is 7.05. The Morgan fingerprint density at radius 2 is 1.96 bits per heavy atom. The van der Waals surface area contributed by atoms with Crippen LogP contribution in [-0.2, 0) is 13.1 Å². The van der Waals surface area contributed by atoms with Crippen LogP contribution < -0.4 is 10.5 Å². The Morgan fingerprint density at radius 3 is 2.68 bits per heavy atom. The number of anilines is 1. The Kier molecular flexibility index (Phi) is 4.39. The van der Waals surface area contributed by atoms with Gasteiger partial charge in [0.2, 0.25) is 5.89 Å². The lowest BCUT2D eigenvalue weighted by Crippen LogP contribution is -2.46. The minimum atomic E-state index is 0.0783. The van der Waals surface area contributed by atoms with E-state index in [0.717, 1.165) is 62.1 Å². The van der Waals surface area contributed by atoms with Crippen LogP contribution in [0.15, 0.2) is 39.9 Å². The molecule has 1 aromatic carbocycles. The minimum Gasteiger partial charge on any atom is -0.445 e. The summed E-state index contributed by atoms with van der Waals surface area (Å²) in [5, 5.41) is 0.713. The second-order valence-electron chi connectivity index (χ2n) is 7.97. The molecule has 0 spiro atoms. The number of piperazine rings is 1. The summed E-state index contributed by atoms with van der Waals surface area (Å²) in [4.78, 5) is 26.3. The molecule has 3 heterocycles. The quantitative estimate of drug-likeness (QED) is 0.678. The van der Waals surface area contributed by atoms with Crippen LogP contribution in [0.1, 0.15) is 24.5 Å². The third-order valence-electron chi connectivity index (χ3n) is 5.73. The molecule has 0 radical (unpaired) electrons. The van der Waals surface area contributed by atoms with Crippen LogP contribution in [0, 0.1) is 12.8 Å². The smallest absolute Gasteiger partial charge is 0.261 e. The first-order valence-corrected chi connectivity index (χ1v) is 10.0. The van der Waals surface area contributed by atoms with Gasteiger partial charge in [0.1, 0.15) is 5.76 Å². The summed E-state index contributed by atoms with van der Waals surface area (Å²) in [5.41, 5.74) is 1.99. The second-order valence-corrected chi connectivity index (χ2v) is 7.97. The molecule has 0 unspecified atom stereocenters. The fraction of sp³-hybridized carbons (Fsp3) is 0.476. The summed E-state index contributed by atoms with van der Waals surface area (Å²) >= 11 is 0. The number of rotatable bonds is 5. The van der Waals surface area contributed by atoms with Gasteiger partial charge in [0, 0.05) is 38.4 Å². The molecule has 0 amide bonds. The molecular formula is C21H25N5O2.